The van der Waals surface area contributed by atoms with E-state index in [9.17, 15) is 9.90 Å². The van der Waals surface area contributed by atoms with E-state index in [1.165, 1.54) is 17.0 Å². The molecule has 0 aliphatic heterocycles. The number of carbonyl (C=O) groups is 1. The molecule has 47 heavy (non-hydrogen) atoms. The van der Waals surface area contributed by atoms with Crippen molar-refractivity contribution in [2.24, 2.45) is 10.8 Å². The SMILES string of the molecule is CC(C)(C)c1cc(-c2cc(-c3cnc4sccc4c3)ncn2)[c-]c2ccccc12.CCC(C)(CC)C(=O)/C=C(\O)C(C)(CC)CC.[Ir]. The second kappa shape index (κ2) is 15.8. The maximum atomic E-state index is 12.2. The fourth-order valence-electron chi connectivity index (χ4n) is 5.33. The Bertz CT molecular complexity index is 1850. The number of ketones is 1. The van der Waals surface area contributed by atoms with Crippen molar-refractivity contribution in [3.05, 3.63) is 89.9 Å². The van der Waals surface area contributed by atoms with Crippen molar-refractivity contribution in [2.45, 2.75) is 93.4 Å². The van der Waals surface area contributed by atoms with Gasteiger partial charge in [-0.3, -0.25) is 9.78 Å². The Morgan fingerprint density at radius 2 is 1.49 bits per heavy atom. The van der Waals surface area contributed by atoms with Gasteiger partial charge in [0.15, 0.2) is 5.78 Å². The summed E-state index contributed by atoms with van der Waals surface area (Å²) >= 11 is 1.65. The van der Waals surface area contributed by atoms with E-state index in [4.69, 9.17) is 0 Å². The van der Waals surface area contributed by atoms with Crippen LogP contribution in [-0.4, -0.2) is 25.8 Å². The van der Waals surface area contributed by atoms with E-state index in [1.807, 2.05) is 53.8 Å². The van der Waals surface area contributed by atoms with Crippen LogP contribution in [0.3, 0.4) is 0 Å². The van der Waals surface area contributed by atoms with Crippen molar-refractivity contribution < 1.29 is 30.0 Å². The standard InChI is InChI=1S/C25H20N3S.C15H28O2.Ir/c1-25(2,3)21-12-18(10-16-6-4-5-7-20(16)21)22-13-23(28-15-27-22)19-11-17-8-9-29-24(17)26-14-19;1-7-14(5,8-2)12(16)11-13(17)15(6,9-3)10-4;/h4-9,11-15H,1-3H3;11,16H,7-10H2,1-6H3;/q-1;;/b;12-11-;. The number of benzene rings is 2. The van der Waals surface area contributed by atoms with E-state index in [1.54, 1.807) is 17.7 Å². The largest absolute Gasteiger partial charge is 0.512 e. The average molecular weight is 827 g/mol. The van der Waals surface area contributed by atoms with Gasteiger partial charge in [-0.1, -0.05) is 91.5 Å². The first-order chi connectivity index (χ1) is 21.8. The molecule has 0 saturated carbocycles. The molecule has 0 amide bonds. The van der Waals surface area contributed by atoms with Crippen LogP contribution in [0, 0.1) is 16.9 Å². The molecule has 251 valence electrons. The van der Waals surface area contributed by atoms with Gasteiger partial charge in [0.1, 0.15) is 16.9 Å². The molecule has 0 saturated heterocycles. The molecular formula is C40H48IrN3O2S-. The molecule has 0 fully saturated rings. The zero-order valence-corrected chi connectivity index (χ0v) is 32.4. The quantitative estimate of drug-likeness (QED) is 0.0910. The molecular weight excluding hydrogens is 779 g/mol. The van der Waals surface area contributed by atoms with Gasteiger partial charge < -0.3 is 5.11 Å². The second-order valence-corrected chi connectivity index (χ2v) is 14.5. The Kier molecular flexibility index (Phi) is 12.8. The summed E-state index contributed by atoms with van der Waals surface area (Å²) in [5, 5.41) is 15.7. The van der Waals surface area contributed by atoms with Gasteiger partial charge in [0.25, 0.3) is 0 Å². The van der Waals surface area contributed by atoms with Crippen LogP contribution in [-0.2, 0) is 30.3 Å². The topological polar surface area (TPSA) is 76.0 Å². The number of aromatic nitrogens is 3. The monoisotopic (exact) mass is 827 g/mol. The number of rotatable bonds is 9. The Hall–Kier alpha value is -3.25. The summed E-state index contributed by atoms with van der Waals surface area (Å²) in [5.74, 6) is 0.286. The number of fused-ring (bicyclic) bond motifs is 2. The molecule has 2 aromatic carbocycles. The summed E-state index contributed by atoms with van der Waals surface area (Å²) in [4.78, 5) is 26.8. The van der Waals surface area contributed by atoms with Crippen LogP contribution in [0.1, 0.15) is 93.6 Å². The minimum Gasteiger partial charge on any atom is -0.512 e. The first-order valence-corrected chi connectivity index (χ1v) is 17.2. The maximum absolute atomic E-state index is 12.2. The van der Waals surface area contributed by atoms with Gasteiger partial charge in [0.2, 0.25) is 0 Å². The third kappa shape index (κ3) is 8.62. The van der Waals surface area contributed by atoms with Crippen molar-refractivity contribution in [2.75, 3.05) is 0 Å². The van der Waals surface area contributed by atoms with E-state index in [0.29, 0.717) is 0 Å². The van der Waals surface area contributed by atoms with Gasteiger partial charge in [0.05, 0.1) is 5.69 Å². The number of pyridine rings is 1. The molecule has 7 heteroatoms. The van der Waals surface area contributed by atoms with Crippen LogP contribution >= 0.6 is 11.3 Å². The summed E-state index contributed by atoms with van der Waals surface area (Å²) < 4.78 is 0. The van der Waals surface area contributed by atoms with Gasteiger partial charge in [-0.2, -0.15) is 0 Å². The van der Waals surface area contributed by atoms with Gasteiger partial charge in [0, 0.05) is 59.9 Å². The maximum Gasteiger partial charge on any atom is 0.164 e. The van der Waals surface area contributed by atoms with E-state index in [2.05, 4.69) is 89.6 Å². The first-order valence-electron chi connectivity index (χ1n) is 16.4. The third-order valence-corrected chi connectivity index (χ3v) is 10.6. The molecule has 3 aromatic heterocycles. The summed E-state index contributed by atoms with van der Waals surface area (Å²) in [6, 6.07) is 20.5. The molecule has 1 radical (unpaired) electrons. The van der Waals surface area contributed by atoms with Crippen LogP contribution in [0.2, 0.25) is 0 Å². The second-order valence-electron chi connectivity index (χ2n) is 13.6. The number of allylic oxidation sites excluding steroid dienone is 2. The molecule has 0 spiro atoms. The molecule has 5 aromatic rings. The molecule has 5 nitrogen and oxygen atoms in total. The van der Waals surface area contributed by atoms with Gasteiger partial charge >= 0.3 is 0 Å². The van der Waals surface area contributed by atoms with Crippen LogP contribution in [0.25, 0.3) is 43.5 Å². The molecule has 0 bridgehead atoms. The Balaban J connectivity index is 0.000000290. The van der Waals surface area contributed by atoms with Gasteiger partial charge in [-0.05, 0) is 54.7 Å². The number of thiophene rings is 1. The minimum atomic E-state index is -0.337. The van der Waals surface area contributed by atoms with Gasteiger partial charge in [-0.15, -0.1) is 40.5 Å². The van der Waals surface area contributed by atoms with Crippen LogP contribution in [0.5, 0.6) is 0 Å². The molecule has 3 heterocycles. The summed E-state index contributed by atoms with van der Waals surface area (Å²) in [6.07, 6.45) is 8.27. The van der Waals surface area contributed by atoms with Crippen LogP contribution < -0.4 is 0 Å². The third-order valence-electron chi connectivity index (χ3n) is 9.73. The van der Waals surface area contributed by atoms with Crippen LogP contribution in [0.15, 0.2) is 78.3 Å². The Morgan fingerprint density at radius 3 is 2.13 bits per heavy atom. The molecule has 0 atom stereocenters. The summed E-state index contributed by atoms with van der Waals surface area (Å²) in [5.41, 5.74) is 4.44. The van der Waals surface area contributed by atoms with Gasteiger partial charge in [-0.25, -0.2) is 9.97 Å². The van der Waals surface area contributed by atoms with Crippen molar-refractivity contribution in [3.63, 3.8) is 0 Å². The minimum absolute atomic E-state index is 0. The van der Waals surface area contributed by atoms with Crippen molar-refractivity contribution in [1.29, 1.82) is 0 Å². The van der Waals surface area contributed by atoms with E-state index >= 15 is 0 Å². The molecule has 5 rings (SSSR count). The zero-order chi connectivity index (χ0) is 33.7. The molecule has 0 unspecified atom stereocenters. The number of aliphatic hydroxyl groups excluding tert-OH is 1. The van der Waals surface area contributed by atoms with E-state index < -0.39 is 0 Å². The Morgan fingerprint density at radius 1 is 0.851 bits per heavy atom. The average Bonchev–Trinajstić information content (AvgIpc) is 3.55. The van der Waals surface area contributed by atoms with E-state index in [-0.39, 0.29) is 47.9 Å². The molecule has 1 N–H and O–H groups in total. The predicted octanol–water partition coefficient (Wildman–Crippen LogP) is 11.3. The number of hydrogen-bond donors (Lipinski definition) is 1. The van der Waals surface area contributed by atoms with Crippen molar-refractivity contribution >= 4 is 38.1 Å². The first kappa shape index (κ1) is 38.2. The zero-order valence-electron chi connectivity index (χ0n) is 29.2. The summed E-state index contributed by atoms with van der Waals surface area (Å²) in [6.45, 7) is 18.8. The van der Waals surface area contributed by atoms with Crippen molar-refractivity contribution in [1.82, 2.24) is 15.0 Å². The normalized spacial score (nSPS) is 12.4. The summed E-state index contributed by atoms with van der Waals surface area (Å²) in [7, 11) is 0. The van der Waals surface area contributed by atoms with E-state index in [0.717, 1.165) is 63.8 Å². The number of carbonyl (C=O) groups excluding carboxylic acids is 1. The van der Waals surface area contributed by atoms with Crippen molar-refractivity contribution in [3.8, 4) is 22.5 Å². The predicted molar refractivity (Wildman–Crippen MR) is 194 cm³/mol. The fourth-order valence-corrected chi connectivity index (χ4v) is 6.05. The van der Waals surface area contributed by atoms with Crippen LogP contribution in [0.4, 0.5) is 0 Å². The smallest absolute Gasteiger partial charge is 0.164 e. The number of hydrogen-bond acceptors (Lipinski definition) is 6. The number of aliphatic hydroxyl groups is 1. The fraction of sp³-hybridized carbons (Fsp3) is 0.400. The molecule has 0 aliphatic carbocycles. The molecule has 0 aliphatic rings. The Labute approximate surface area is 298 Å². The number of nitrogens with zero attached hydrogens (tertiary/aromatic N) is 3.